The molecule has 4 rings (SSSR count). The Morgan fingerprint density at radius 3 is 1.93 bits per heavy atom. The number of aryl methyl sites for hydroxylation is 1. The molecule has 0 heterocycles. The summed E-state index contributed by atoms with van der Waals surface area (Å²) in [6, 6.07) is 24.8. The monoisotopic (exact) mass is 697 g/mol. The summed E-state index contributed by atoms with van der Waals surface area (Å²) in [5.41, 5.74) is 2.33. The zero-order chi connectivity index (χ0) is 32.8. The average Bonchev–Trinajstić information content (AvgIpc) is 3.06. The van der Waals surface area contributed by atoms with Crippen LogP contribution in [0.15, 0.2) is 98.1 Å². The van der Waals surface area contributed by atoms with Crippen molar-refractivity contribution in [2.24, 2.45) is 20.5 Å². The SMILES string of the molecule is CC.CC.CC.CCNc1ccc2cc(S(=O)(=O)OC)c(N=Nc3[c-]cc(N=NC)c(C)c3)c(O)c2c1.[Y].c1ccccc1. The Balaban J connectivity index is 0. The van der Waals surface area contributed by atoms with Crippen LogP contribution in [0.1, 0.15) is 54.0 Å². The summed E-state index contributed by atoms with van der Waals surface area (Å²) in [5.74, 6) is -0.315. The van der Waals surface area contributed by atoms with Crippen molar-refractivity contribution in [1.82, 2.24) is 0 Å². The number of nitrogens with one attached hydrogen (secondary N) is 1. The summed E-state index contributed by atoms with van der Waals surface area (Å²) >= 11 is 0. The molecule has 0 saturated carbocycles. The number of rotatable bonds is 7. The van der Waals surface area contributed by atoms with Gasteiger partial charge in [-0.25, -0.2) is 10.2 Å². The molecule has 9 nitrogen and oxygen atoms in total. The zero-order valence-electron chi connectivity index (χ0n) is 27.6. The van der Waals surface area contributed by atoms with Crippen LogP contribution in [0.2, 0.25) is 0 Å². The number of benzene rings is 4. The molecule has 0 aromatic heterocycles. The summed E-state index contributed by atoms with van der Waals surface area (Å²) in [4.78, 5) is -0.284. The number of phenolic OH excluding ortho intramolecular Hbond substituents is 1. The van der Waals surface area contributed by atoms with Crippen LogP contribution in [0.25, 0.3) is 10.8 Å². The number of hydrogen-bond donors (Lipinski definition) is 2. The summed E-state index contributed by atoms with van der Waals surface area (Å²) in [5, 5.41) is 30.8. The molecule has 44 heavy (non-hydrogen) atoms. The van der Waals surface area contributed by atoms with Crippen molar-refractivity contribution in [3.63, 3.8) is 0 Å². The standard InChI is InChI=1S/C21H22N5O4S.C6H6.3C2H6.Y/c1-5-23-15-7-6-14-11-19(31(28,29)30-4)20(21(27)17(14)12-15)26-24-16-8-9-18(25-22-3)13(2)10-16;1-2-4-6-5-3-1;3*1-2;/h6-7,9-12,23,27H,5H2,1-4H3;1-6H;3*1-2H3;/q-1;;;;;. The first-order valence-corrected chi connectivity index (χ1v) is 15.8. The minimum Gasteiger partial charge on any atom is -0.505 e. The third-order valence-corrected chi connectivity index (χ3v) is 6.46. The van der Waals surface area contributed by atoms with Gasteiger partial charge in [0, 0.05) is 57.4 Å². The molecule has 0 aliphatic carbocycles. The fraction of sp³-hybridized carbons (Fsp3) is 0.333. The van der Waals surface area contributed by atoms with Gasteiger partial charge in [0.2, 0.25) is 0 Å². The third kappa shape index (κ3) is 13.3. The van der Waals surface area contributed by atoms with Crippen molar-refractivity contribution in [3.05, 3.63) is 84.4 Å². The maximum Gasteiger partial charge on any atom is 0.299 e. The van der Waals surface area contributed by atoms with E-state index in [0.717, 1.165) is 18.4 Å². The van der Waals surface area contributed by atoms with Gasteiger partial charge in [-0.15, -0.1) is 22.8 Å². The van der Waals surface area contributed by atoms with E-state index in [1.165, 1.54) is 6.07 Å². The van der Waals surface area contributed by atoms with E-state index < -0.39 is 10.1 Å². The zero-order valence-corrected chi connectivity index (χ0v) is 31.2. The van der Waals surface area contributed by atoms with Gasteiger partial charge >= 0.3 is 0 Å². The maximum absolute atomic E-state index is 12.5. The van der Waals surface area contributed by atoms with Gasteiger partial charge in [0.1, 0.15) is 10.6 Å². The molecular formula is C33H46N5O4SY-. The van der Waals surface area contributed by atoms with E-state index in [2.05, 4.69) is 36.0 Å². The molecule has 11 heteroatoms. The molecule has 0 amide bonds. The minimum absolute atomic E-state index is 0. The molecular weight excluding hydrogens is 651 g/mol. The molecule has 0 bridgehead atoms. The first kappa shape index (κ1) is 43.1. The Kier molecular flexibility index (Phi) is 23.8. The fourth-order valence-electron chi connectivity index (χ4n) is 3.37. The maximum atomic E-state index is 12.5. The Morgan fingerprint density at radius 1 is 0.886 bits per heavy atom. The van der Waals surface area contributed by atoms with E-state index >= 15 is 0 Å². The van der Waals surface area contributed by atoms with Gasteiger partial charge in [0.05, 0.1) is 7.11 Å². The second-order valence-electron chi connectivity index (χ2n) is 7.70. The van der Waals surface area contributed by atoms with Gasteiger partial charge in [0.25, 0.3) is 10.1 Å². The second kappa shape index (κ2) is 24.3. The van der Waals surface area contributed by atoms with Gasteiger partial charge in [0.15, 0.2) is 5.75 Å². The largest absolute Gasteiger partial charge is 0.505 e. The second-order valence-corrected chi connectivity index (χ2v) is 9.38. The predicted molar refractivity (Wildman–Crippen MR) is 179 cm³/mol. The average molecular weight is 698 g/mol. The number of hydrogen-bond acceptors (Lipinski definition) is 9. The summed E-state index contributed by atoms with van der Waals surface area (Å²) in [6.07, 6.45) is 0. The van der Waals surface area contributed by atoms with Crippen LogP contribution in [0.5, 0.6) is 5.75 Å². The Bertz CT molecular complexity index is 1500. The normalized spacial score (nSPS) is 10.1. The number of fused-ring (bicyclic) bond motifs is 1. The van der Waals surface area contributed by atoms with Crippen LogP contribution in [-0.4, -0.2) is 34.2 Å². The summed E-state index contributed by atoms with van der Waals surface area (Å²) < 4.78 is 29.6. The van der Waals surface area contributed by atoms with Crippen LogP contribution in [-0.2, 0) is 47.0 Å². The van der Waals surface area contributed by atoms with Crippen LogP contribution in [0.3, 0.4) is 0 Å². The molecule has 237 valence electrons. The van der Waals surface area contributed by atoms with Crippen molar-refractivity contribution >= 4 is 43.6 Å². The van der Waals surface area contributed by atoms with Gasteiger partial charge in [-0.1, -0.05) is 90.9 Å². The molecule has 0 aliphatic rings. The van der Waals surface area contributed by atoms with Crippen molar-refractivity contribution in [2.75, 3.05) is 26.0 Å². The van der Waals surface area contributed by atoms with E-state index in [1.54, 1.807) is 37.4 Å². The van der Waals surface area contributed by atoms with Crippen LogP contribution >= 0.6 is 0 Å². The van der Waals surface area contributed by atoms with Crippen molar-refractivity contribution < 1.29 is 50.4 Å². The first-order valence-electron chi connectivity index (χ1n) is 14.4. The van der Waals surface area contributed by atoms with E-state index in [-0.39, 0.29) is 49.0 Å². The molecule has 0 spiro atoms. The van der Waals surface area contributed by atoms with E-state index in [4.69, 9.17) is 0 Å². The van der Waals surface area contributed by atoms with Crippen molar-refractivity contribution in [1.29, 1.82) is 0 Å². The smallest absolute Gasteiger partial charge is 0.299 e. The number of phenols is 1. The molecule has 0 fully saturated rings. The van der Waals surface area contributed by atoms with Crippen molar-refractivity contribution in [3.8, 4) is 5.75 Å². The quantitative estimate of drug-likeness (QED) is 0.113. The number of nitrogens with zero attached hydrogens (tertiary/aromatic N) is 4. The number of anilines is 1. The van der Waals surface area contributed by atoms with E-state index in [0.29, 0.717) is 28.7 Å². The summed E-state index contributed by atoms with van der Waals surface area (Å²) in [6.45, 7) is 16.5. The van der Waals surface area contributed by atoms with E-state index in [1.807, 2.05) is 91.8 Å². The molecule has 2 N–H and O–H groups in total. The van der Waals surface area contributed by atoms with Crippen LogP contribution in [0.4, 0.5) is 22.7 Å². The van der Waals surface area contributed by atoms with Gasteiger partial charge in [-0.2, -0.15) is 19.6 Å². The summed E-state index contributed by atoms with van der Waals surface area (Å²) in [7, 11) is -1.55. The topological polar surface area (TPSA) is 125 Å². The molecule has 4 aromatic rings. The van der Waals surface area contributed by atoms with Crippen molar-refractivity contribution in [2.45, 2.75) is 60.3 Å². The molecule has 1 radical (unpaired) electrons. The van der Waals surface area contributed by atoms with Crippen LogP contribution in [0, 0.1) is 13.0 Å². The fourth-order valence-corrected chi connectivity index (χ4v) is 4.20. The molecule has 0 saturated heterocycles. The predicted octanol–water partition coefficient (Wildman–Crippen LogP) is 10.3. The Hall–Kier alpha value is -3.05. The molecule has 0 unspecified atom stereocenters. The minimum atomic E-state index is -4.16. The molecule has 4 aromatic carbocycles. The van der Waals surface area contributed by atoms with Crippen LogP contribution < -0.4 is 5.32 Å². The Labute approximate surface area is 289 Å². The molecule has 0 atom stereocenters. The van der Waals surface area contributed by atoms with Gasteiger partial charge in [-0.05, 0) is 41.9 Å². The van der Waals surface area contributed by atoms with Gasteiger partial charge < -0.3 is 10.4 Å². The first-order chi connectivity index (χ1) is 20.8. The Morgan fingerprint density at radius 2 is 1.45 bits per heavy atom. The third-order valence-electron chi connectivity index (χ3n) is 5.17. The number of aromatic hydroxyl groups is 1. The molecule has 0 aliphatic heterocycles. The van der Waals surface area contributed by atoms with Gasteiger partial charge in [-0.3, -0.25) is 4.18 Å². The number of azo groups is 2. The van der Waals surface area contributed by atoms with E-state index in [9.17, 15) is 13.5 Å².